The van der Waals surface area contributed by atoms with E-state index in [2.05, 4.69) is 15.2 Å². The summed E-state index contributed by atoms with van der Waals surface area (Å²) in [4.78, 5) is 31.6. The molecule has 2 aliphatic heterocycles. The second kappa shape index (κ2) is 11.0. The molecule has 2 fully saturated rings. The maximum atomic E-state index is 13.5. The summed E-state index contributed by atoms with van der Waals surface area (Å²) < 4.78 is 97.3. The number of nitrogens with zero attached hydrogens (tertiary/aromatic N) is 2. The standard InChI is InChI=1S/C27H29F7N4O3/c1-14(26(29,30)31)36-23(39)15-4-9-22(35-13-15)38-18-6-7-19(38)12-17(11-18)37-24(40)25(2,3)41-21-8-5-16(28)10-20(21)27(32,33)34/h4-5,8-10,13-14,17-19H,6-7,11-12H2,1-3H3,(H,36,39)(H,37,40)/t14-,17?,18-,19+/m0/s1. The fraction of sp³-hybridized carbons (Fsp3) is 0.519. The fourth-order valence-corrected chi connectivity index (χ4v) is 5.20. The van der Waals surface area contributed by atoms with Gasteiger partial charge in [-0.05, 0) is 76.8 Å². The Morgan fingerprint density at radius 3 is 2.20 bits per heavy atom. The van der Waals surface area contributed by atoms with E-state index in [1.807, 2.05) is 5.32 Å². The molecule has 3 heterocycles. The number of anilines is 1. The van der Waals surface area contributed by atoms with Gasteiger partial charge in [-0.1, -0.05) is 0 Å². The van der Waals surface area contributed by atoms with E-state index in [0.29, 0.717) is 24.7 Å². The number of aromatic nitrogens is 1. The Morgan fingerprint density at radius 2 is 1.66 bits per heavy atom. The number of hydrogen-bond acceptors (Lipinski definition) is 5. The van der Waals surface area contributed by atoms with Gasteiger partial charge in [0, 0.05) is 24.3 Å². The second-order valence-electron chi connectivity index (χ2n) is 10.8. The highest BCUT2D eigenvalue weighted by Gasteiger charge is 2.44. The predicted octanol–water partition coefficient (Wildman–Crippen LogP) is 5.39. The Bertz CT molecular complexity index is 1270. The Hall–Kier alpha value is -3.58. The van der Waals surface area contributed by atoms with Gasteiger partial charge >= 0.3 is 12.4 Å². The van der Waals surface area contributed by atoms with Gasteiger partial charge in [-0.2, -0.15) is 26.3 Å². The van der Waals surface area contributed by atoms with Crippen LogP contribution < -0.4 is 20.3 Å². The van der Waals surface area contributed by atoms with Crippen molar-refractivity contribution < 1.29 is 45.1 Å². The van der Waals surface area contributed by atoms with Crippen molar-refractivity contribution in [2.75, 3.05) is 4.90 Å². The van der Waals surface area contributed by atoms with Gasteiger partial charge in [0.05, 0.1) is 5.56 Å². The van der Waals surface area contributed by atoms with E-state index in [1.54, 1.807) is 6.07 Å². The SMILES string of the molecule is C[C@H](NC(=O)c1ccc(N2[C@@H]3CC[C@H]2CC(NC(=O)C(C)(C)Oc2ccc(F)cc2C(F)(F)F)C3)nc1)C(F)(F)F. The number of amides is 2. The van der Waals surface area contributed by atoms with Gasteiger partial charge in [-0.25, -0.2) is 9.37 Å². The monoisotopic (exact) mass is 590 g/mol. The van der Waals surface area contributed by atoms with Crippen LogP contribution in [0.5, 0.6) is 5.75 Å². The van der Waals surface area contributed by atoms with Crippen LogP contribution in [-0.4, -0.2) is 52.7 Å². The van der Waals surface area contributed by atoms with Gasteiger partial charge in [0.1, 0.15) is 29.0 Å². The number of alkyl halides is 6. The average molecular weight is 591 g/mol. The number of fused-ring (bicyclic) bond motifs is 2. The molecule has 1 aromatic carbocycles. The predicted molar refractivity (Wildman–Crippen MR) is 134 cm³/mol. The molecular formula is C27H29F7N4O3. The van der Waals surface area contributed by atoms with E-state index < -0.39 is 52.9 Å². The number of piperidine rings is 1. The molecule has 2 N–H and O–H groups in total. The van der Waals surface area contributed by atoms with Crippen molar-refractivity contribution in [1.29, 1.82) is 0 Å². The Balaban J connectivity index is 1.39. The van der Waals surface area contributed by atoms with Gasteiger partial charge in [0.2, 0.25) is 0 Å². The lowest BCUT2D eigenvalue weighted by molar-refractivity contribution is -0.149. The fourth-order valence-electron chi connectivity index (χ4n) is 5.20. The lowest BCUT2D eigenvalue weighted by Crippen LogP contribution is -2.55. The van der Waals surface area contributed by atoms with Gasteiger partial charge in [-0.15, -0.1) is 0 Å². The third-order valence-electron chi connectivity index (χ3n) is 7.34. The molecule has 2 bridgehead atoms. The molecule has 1 unspecified atom stereocenters. The van der Waals surface area contributed by atoms with E-state index in [9.17, 15) is 40.3 Å². The smallest absolute Gasteiger partial charge is 0.420 e. The highest BCUT2D eigenvalue weighted by atomic mass is 19.4. The van der Waals surface area contributed by atoms with Crippen LogP contribution in [0.3, 0.4) is 0 Å². The quantitative estimate of drug-likeness (QED) is 0.423. The molecule has 2 amide bonds. The first-order chi connectivity index (χ1) is 19.0. The number of halogens is 7. The van der Waals surface area contributed by atoms with Crippen molar-refractivity contribution in [2.45, 2.75) is 88.6 Å². The highest BCUT2D eigenvalue weighted by Crippen LogP contribution is 2.40. The maximum absolute atomic E-state index is 13.5. The molecule has 0 radical (unpaired) electrons. The van der Waals surface area contributed by atoms with Gasteiger partial charge in [-0.3, -0.25) is 9.59 Å². The van der Waals surface area contributed by atoms with Crippen molar-refractivity contribution in [3.05, 3.63) is 53.5 Å². The molecule has 0 aliphatic carbocycles. The highest BCUT2D eigenvalue weighted by molar-refractivity contribution is 5.94. The molecule has 7 nitrogen and oxygen atoms in total. The minimum absolute atomic E-state index is 0.0172. The molecule has 2 saturated heterocycles. The van der Waals surface area contributed by atoms with Gasteiger partial charge < -0.3 is 20.3 Å². The van der Waals surface area contributed by atoms with E-state index in [0.717, 1.165) is 31.9 Å². The molecule has 4 atom stereocenters. The van der Waals surface area contributed by atoms with Crippen LogP contribution in [0.15, 0.2) is 36.5 Å². The first kappa shape index (κ1) is 30.4. The summed E-state index contributed by atoms with van der Waals surface area (Å²) in [6, 6.07) is 2.55. The van der Waals surface area contributed by atoms with Crippen molar-refractivity contribution in [3.8, 4) is 5.75 Å². The molecule has 2 aromatic rings. The lowest BCUT2D eigenvalue weighted by Gasteiger charge is -2.41. The van der Waals surface area contributed by atoms with Gasteiger partial charge in [0.15, 0.2) is 5.60 Å². The summed E-state index contributed by atoms with van der Waals surface area (Å²) in [6.07, 6.45) is -5.65. The zero-order chi connectivity index (χ0) is 30.3. The van der Waals surface area contributed by atoms with E-state index in [1.165, 1.54) is 26.1 Å². The first-order valence-corrected chi connectivity index (χ1v) is 12.9. The summed E-state index contributed by atoms with van der Waals surface area (Å²) in [5, 5.41) is 4.75. The summed E-state index contributed by atoms with van der Waals surface area (Å²) in [5.74, 6) is -2.73. The van der Waals surface area contributed by atoms with Crippen molar-refractivity contribution in [2.24, 2.45) is 0 Å². The number of rotatable bonds is 7. The topological polar surface area (TPSA) is 83.6 Å². The molecule has 41 heavy (non-hydrogen) atoms. The molecule has 14 heteroatoms. The molecule has 4 rings (SSSR count). The molecule has 224 valence electrons. The third-order valence-corrected chi connectivity index (χ3v) is 7.34. The number of carbonyl (C=O) groups excluding carboxylic acids is 2. The molecule has 2 aliphatic rings. The van der Waals surface area contributed by atoms with Crippen LogP contribution in [-0.2, 0) is 11.0 Å². The zero-order valence-electron chi connectivity index (χ0n) is 22.4. The number of carbonyl (C=O) groups is 2. The van der Waals surface area contributed by atoms with Crippen molar-refractivity contribution in [3.63, 3.8) is 0 Å². The maximum Gasteiger partial charge on any atom is 0.420 e. The third kappa shape index (κ3) is 6.84. The molecule has 0 spiro atoms. The van der Waals surface area contributed by atoms with Crippen LogP contribution in [0.1, 0.15) is 62.4 Å². The zero-order valence-corrected chi connectivity index (χ0v) is 22.4. The number of benzene rings is 1. The largest absolute Gasteiger partial charge is 0.477 e. The van der Waals surface area contributed by atoms with Crippen molar-refractivity contribution >= 4 is 17.6 Å². The lowest BCUT2D eigenvalue weighted by atomic mass is 9.96. The summed E-state index contributed by atoms with van der Waals surface area (Å²) in [6.45, 7) is 3.50. The minimum Gasteiger partial charge on any atom is -0.477 e. The summed E-state index contributed by atoms with van der Waals surface area (Å²) >= 11 is 0. The summed E-state index contributed by atoms with van der Waals surface area (Å²) in [7, 11) is 0. The number of pyridine rings is 1. The van der Waals surface area contributed by atoms with Crippen LogP contribution in [0.2, 0.25) is 0 Å². The van der Waals surface area contributed by atoms with Crippen LogP contribution in [0.4, 0.5) is 36.6 Å². The average Bonchev–Trinajstić information content (AvgIpc) is 3.13. The Morgan fingerprint density at radius 1 is 1.02 bits per heavy atom. The Labute approximate surface area is 231 Å². The van der Waals surface area contributed by atoms with Crippen LogP contribution in [0.25, 0.3) is 0 Å². The van der Waals surface area contributed by atoms with Gasteiger partial charge in [0.25, 0.3) is 11.8 Å². The number of ether oxygens (including phenoxy) is 1. The number of nitrogens with one attached hydrogen (secondary N) is 2. The van der Waals surface area contributed by atoms with E-state index in [4.69, 9.17) is 4.74 Å². The van der Waals surface area contributed by atoms with Crippen molar-refractivity contribution in [1.82, 2.24) is 15.6 Å². The van der Waals surface area contributed by atoms with E-state index in [-0.39, 0.29) is 23.7 Å². The van der Waals surface area contributed by atoms with Crippen LogP contribution >= 0.6 is 0 Å². The van der Waals surface area contributed by atoms with Crippen LogP contribution in [0, 0.1) is 5.82 Å². The normalized spacial score (nSPS) is 21.8. The molecular weight excluding hydrogens is 561 g/mol. The number of hydrogen-bond donors (Lipinski definition) is 2. The van der Waals surface area contributed by atoms with E-state index >= 15 is 0 Å². The Kier molecular flexibility index (Phi) is 8.16. The molecule has 0 saturated carbocycles. The summed E-state index contributed by atoms with van der Waals surface area (Å²) in [5.41, 5.74) is -3.04. The minimum atomic E-state index is -4.88. The second-order valence-corrected chi connectivity index (χ2v) is 10.8. The molecule has 1 aromatic heterocycles. The first-order valence-electron chi connectivity index (χ1n) is 12.9.